The van der Waals surface area contributed by atoms with E-state index in [0.29, 0.717) is 59.7 Å². The molecule has 7 rings (SSSR count). The van der Waals surface area contributed by atoms with Crippen LogP contribution in [0.5, 0.6) is 17.5 Å². The summed E-state index contributed by atoms with van der Waals surface area (Å²) in [6, 6.07) is 6.21. The number of rotatable bonds is 5. The van der Waals surface area contributed by atoms with Crippen LogP contribution in [0.3, 0.4) is 0 Å². The SMILES string of the molecule is C[C@]12CC[C@](C)(C[C@@H](N(c3cnc(-c4ccc(-c5cnc6c(n5)OCCO6)cc4O)nn3)C3CC3)C1)N2. The molecular formula is C27H31N7O3. The van der Waals surface area contributed by atoms with Crippen LogP contribution in [-0.4, -0.2) is 66.6 Å². The Morgan fingerprint density at radius 1 is 0.946 bits per heavy atom. The normalized spacial score (nSPS) is 28.2. The van der Waals surface area contributed by atoms with Gasteiger partial charge in [0.1, 0.15) is 19.0 Å². The Bertz CT molecular complexity index is 1330. The fourth-order valence-electron chi connectivity index (χ4n) is 6.41. The lowest BCUT2D eigenvalue weighted by Gasteiger charge is -2.46. The number of fused-ring (bicyclic) bond motifs is 3. The van der Waals surface area contributed by atoms with Crippen LogP contribution in [0.15, 0.2) is 30.6 Å². The van der Waals surface area contributed by atoms with Gasteiger partial charge in [0.25, 0.3) is 11.8 Å². The van der Waals surface area contributed by atoms with Crippen molar-refractivity contribution in [3.8, 4) is 40.2 Å². The van der Waals surface area contributed by atoms with Gasteiger partial charge < -0.3 is 24.8 Å². The monoisotopic (exact) mass is 501 g/mol. The highest BCUT2D eigenvalue weighted by Crippen LogP contribution is 2.46. The van der Waals surface area contributed by atoms with Crippen molar-refractivity contribution in [3.05, 3.63) is 30.6 Å². The summed E-state index contributed by atoms with van der Waals surface area (Å²) in [4.78, 5) is 15.8. The van der Waals surface area contributed by atoms with E-state index in [-0.39, 0.29) is 16.8 Å². The molecule has 3 atom stereocenters. The Morgan fingerprint density at radius 3 is 2.38 bits per heavy atom. The molecule has 2 aromatic heterocycles. The minimum Gasteiger partial charge on any atom is -0.507 e. The largest absolute Gasteiger partial charge is 0.507 e. The molecule has 2 N–H and O–H groups in total. The Kier molecular flexibility index (Phi) is 5.04. The summed E-state index contributed by atoms with van der Waals surface area (Å²) in [7, 11) is 0. The number of hydrogen-bond acceptors (Lipinski definition) is 10. The fourth-order valence-corrected chi connectivity index (χ4v) is 6.41. The van der Waals surface area contributed by atoms with Crippen LogP contribution in [-0.2, 0) is 0 Å². The van der Waals surface area contributed by atoms with Crippen LogP contribution in [0.1, 0.15) is 52.4 Å². The maximum absolute atomic E-state index is 10.8. The van der Waals surface area contributed by atoms with Crippen LogP contribution in [0.2, 0.25) is 0 Å². The molecule has 10 heteroatoms. The molecule has 2 bridgehead atoms. The number of aromatic hydroxyl groups is 1. The van der Waals surface area contributed by atoms with Crippen molar-refractivity contribution in [1.29, 1.82) is 0 Å². The third kappa shape index (κ3) is 4.13. The number of hydrogen-bond donors (Lipinski definition) is 2. The maximum Gasteiger partial charge on any atom is 0.278 e. The lowest BCUT2D eigenvalue weighted by Crippen LogP contribution is -2.59. The van der Waals surface area contributed by atoms with E-state index in [2.05, 4.69) is 49.2 Å². The predicted octanol–water partition coefficient (Wildman–Crippen LogP) is 3.50. The number of nitrogens with one attached hydrogen (secondary N) is 1. The van der Waals surface area contributed by atoms with E-state index in [1.54, 1.807) is 18.3 Å². The number of ether oxygens (including phenoxy) is 2. The Morgan fingerprint density at radius 2 is 1.70 bits per heavy atom. The quantitative estimate of drug-likeness (QED) is 0.538. The summed E-state index contributed by atoms with van der Waals surface area (Å²) in [5, 5.41) is 23.7. The molecule has 3 aliphatic heterocycles. The van der Waals surface area contributed by atoms with Crippen molar-refractivity contribution >= 4 is 5.82 Å². The fraction of sp³-hybridized carbons (Fsp3) is 0.519. The number of anilines is 1. The van der Waals surface area contributed by atoms with Crippen LogP contribution in [0, 0.1) is 0 Å². The van der Waals surface area contributed by atoms with E-state index in [0.717, 1.165) is 18.7 Å². The molecule has 5 heterocycles. The summed E-state index contributed by atoms with van der Waals surface area (Å²) in [6.45, 7) is 5.60. The van der Waals surface area contributed by atoms with Gasteiger partial charge >= 0.3 is 0 Å². The predicted molar refractivity (Wildman–Crippen MR) is 137 cm³/mol. The van der Waals surface area contributed by atoms with Gasteiger partial charge in [-0.3, -0.25) is 0 Å². The third-order valence-corrected chi connectivity index (χ3v) is 8.16. The summed E-state index contributed by atoms with van der Waals surface area (Å²) in [6.07, 6.45) is 10.4. The first-order valence-electron chi connectivity index (χ1n) is 13.1. The van der Waals surface area contributed by atoms with Gasteiger partial charge in [-0.2, -0.15) is 0 Å². The van der Waals surface area contributed by atoms with Crippen LogP contribution < -0.4 is 19.7 Å². The van der Waals surface area contributed by atoms with Gasteiger partial charge in [0, 0.05) is 28.7 Å². The molecule has 0 spiro atoms. The molecule has 192 valence electrons. The van der Waals surface area contributed by atoms with Gasteiger partial charge in [0.2, 0.25) is 0 Å². The van der Waals surface area contributed by atoms with E-state index in [4.69, 9.17) is 9.47 Å². The first-order chi connectivity index (χ1) is 17.9. The molecule has 3 fully saturated rings. The molecule has 2 saturated heterocycles. The number of piperidine rings is 1. The smallest absolute Gasteiger partial charge is 0.278 e. The molecule has 4 aliphatic rings. The summed E-state index contributed by atoms with van der Waals surface area (Å²) >= 11 is 0. The molecule has 37 heavy (non-hydrogen) atoms. The highest BCUT2D eigenvalue weighted by molar-refractivity contribution is 5.71. The first kappa shape index (κ1) is 22.7. The second-order valence-corrected chi connectivity index (χ2v) is 11.4. The van der Waals surface area contributed by atoms with Crippen molar-refractivity contribution in [2.24, 2.45) is 0 Å². The van der Waals surface area contributed by atoms with Crippen molar-refractivity contribution < 1.29 is 14.6 Å². The van der Waals surface area contributed by atoms with Gasteiger partial charge in [-0.15, -0.1) is 10.2 Å². The second kappa shape index (κ2) is 8.24. The molecular weight excluding hydrogens is 470 g/mol. The van der Waals surface area contributed by atoms with E-state index < -0.39 is 0 Å². The Hall–Kier alpha value is -3.53. The van der Waals surface area contributed by atoms with Crippen molar-refractivity contribution in [2.45, 2.75) is 75.5 Å². The number of nitrogens with zero attached hydrogens (tertiary/aromatic N) is 6. The minimum absolute atomic E-state index is 0.0542. The highest BCUT2D eigenvalue weighted by Gasteiger charge is 2.51. The van der Waals surface area contributed by atoms with E-state index >= 15 is 0 Å². The lowest BCUT2D eigenvalue weighted by atomic mass is 9.84. The zero-order chi connectivity index (χ0) is 25.2. The molecule has 0 amide bonds. The Labute approximate surface area is 215 Å². The van der Waals surface area contributed by atoms with E-state index in [1.807, 2.05) is 12.3 Å². The first-order valence-corrected chi connectivity index (χ1v) is 13.1. The van der Waals surface area contributed by atoms with Crippen molar-refractivity contribution in [1.82, 2.24) is 30.5 Å². The summed E-state index contributed by atoms with van der Waals surface area (Å²) in [5.41, 5.74) is 2.17. The Balaban J connectivity index is 1.14. The molecule has 3 aromatic rings. The van der Waals surface area contributed by atoms with Crippen LogP contribution in [0.4, 0.5) is 5.82 Å². The standard InChI is InChI=1S/C27H31N7O3/c1-26-7-8-27(2,33-26)13-18(12-26)34(17-4-5-17)22-15-28-23(32-31-22)19-6-3-16(11-21(19)35)20-14-29-24-25(30-20)37-10-9-36-24/h3,6,11,14-15,17-18,33,35H,4-5,7-10,12-13H2,1-2H3/t18-,26-,27+. The molecule has 1 saturated carbocycles. The van der Waals surface area contributed by atoms with E-state index in [9.17, 15) is 5.11 Å². The van der Waals surface area contributed by atoms with Gasteiger partial charge in [-0.25, -0.2) is 15.0 Å². The molecule has 1 aromatic carbocycles. The van der Waals surface area contributed by atoms with Gasteiger partial charge in [0.05, 0.1) is 23.7 Å². The topological polar surface area (TPSA) is 118 Å². The minimum atomic E-state index is 0.0542. The average Bonchev–Trinajstić information content (AvgIpc) is 3.69. The lowest BCUT2D eigenvalue weighted by molar-refractivity contribution is 0.157. The summed E-state index contributed by atoms with van der Waals surface area (Å²) in [5.74, 6) is 2.02. The summed E-state index contributed by atoms with van der Waals surface area (Å²) < 4.78 is 11.0. The zero-order valence-corrected chi connectivity index (χ0v) is 21.1. The molecule has 1 aliphatic carbocycles. The number of benzene rings is 1. The van der Waals surface area contributed by atoms with Crippen LogP contribution >= 0.6 is 0 Å². The van der Waals surface area contributed by atoms with Gasteiger partial charge in [-0.1, -0.05) is 6.07 Å². The third-order valence-electron chi connectivity index (χ3n) is 8.16. The highest BCUT2D eigenvalue weighted by atomic mass is 16.6. The van der Waals surface area contributed by atoms with E-state index in [1.165, 1.54) is 25.7 Å². The number of aromatic nitrogens is 5. The molecule has 0 unspecified atom stereocenters. The second-order valence-electron chi connectivity index (χ2n) is 11.4. The molecule has 10 nitrogen and oxygen atoms in total. The average molecular weight is 502 g/mol. The van der Waals surface area contributed by atoms with Crippen LogP contribution in [0.25, 0.3) is 22.6 Å². The maximum atomic E-state index is 10.8. The van der Waals surface area contributed by atoms with Gasteiger partial charge in [0.15, 0.2) is 11.6 Å². The zero-order valence-electron chi connectivity index (χ0n) is 21.1. The number of phenolic OH excluding ortho intramolecular Hbond substituents is 1. The molecule has 0 radical (unpaired) electrons. The number of phenols is 1. The van der Waals surface area contributed by atoms with Crippen molar-refractivity contribution in [3.63, 3.8) is 0 Å². The van der Waals surface area contributed by atoms with Crippen molar-refractivity contribution in [2.75, 3.05) is 18.1 Å². The van der Waals surface area contributed by atoms with Gasteiger partial charge in [-0.05, 0) is 64.5 Å².